The molecule has 0 fully saturated rings. The van der Waals surface area contributed by atoms with Gasteiger partial charge in [0.2, 0.25) is 0 Å². The molecule has 2 heterocycles. The number of anilines is 1. The van der Waals surface area contributed by atoms with Crippen molar-refractivity contribution < 1.29 is 13.3 Å². The van der Waals surface area contributed by atoms with E-state index in [9.17, 15) is 8.78 Å². The first-order chi connectivity index (χ1) is 10.5. The molecule has 7 heteroatoms. The fourth-order valence-corrected chi connectivity index (χ4v) is 1.96. The average Bonchev–Trinajstić information content (AvgIpc) is 2.95. The van der Waals surface area contributed by atoms with Crippen molar-refractivity contribution in [3.05, 3.63) is 47.5 Å². The Balaban J connectivity index is 1.77. The summed E-state index contributed by atoms with van der Waals surface area (Å²) >= 11 is 0. The molecule has 0 aliphatic heterocycles. The Bertz CT molecular complexity index is 816. The van der Waals surface area contributed by atoms with E-state index >= 15 is 0 Å². The summed E-state index contributed by atoms with van der Waals surface area (Å²) in [5.41, 5.74) is 1.45. The summed E-state index contributed by atoms with van der Waals surface area (Å²) in [6.07, 6.45) is 1.46. The molecule has 22 heavy (non-hydrogen) atoms. The van der Waals surface area contributed by atoms with Gasteiger partial charge in [0.1, 0.15) is 5.82 Å². The molecule has 2 aromatic heterocycles. The number of halogens is 2. The van der Waals surface area contributed by atoms with Crippen molar-refractivity contribution in [3.8, 4) is 0 Å². The quantitative estimate of drug-likeness (QED) is 0.797. The number of nitrogens with one attached hydrogen (secondary N) is 1. The van der Waals surface area contributed by atoms with Crippen molar-refractivity contribution in [3.63, 3.8) is 0 Å². The second-order valence-corrected chi connectivity index (χ2v) is 5.24. The van der Waals surface area contributed by atoms with Crippen molar-refractivity contribution >= 4 is 16.9 Å². The lowest BCUT2D eigenvalue weighted by atomic mass is 10.1. The number of fused-ring (bicyclic) bond motifs is 1. The molecular formula is C15H14F2N4O. The fourth-order valence-electron chi connectivity index (χ4n) is 1.96. The van der Waals surface area contributed by atoms with Gasteiger partial charge in [0, 0.05) is 18.2 Å². The maximum atomic E-state index is 13.2. The maximum absolute atomic E-state index is 13.2. The zero-order valence-corrected chi connectivity index (χ0v) is 12.1. The van der Waals surface area contributed by atoms with Crippen LogP contribution >= 0.6 is 0 Å². The van der Waals surface area contributed by atoms with E-state index in [2.05, 4.69) is 20.4 Å². The van der Waals surface area contributed by atoms with Crippen LogP contribution in [0.3, 0.4) is 0 Å². The van der Waals surface area contributed by atoms with Crippen molar-refractivity contribution in [2.24, 2.45) is 0 Å². The minimum atomic E-state index is -0.948. The lowest BCUT2D eigenvalue weighted by molar-refractivity contribution is 0.379. The first-order valence-corrected chi connectivity index (χ1v) is 6.84. The SMILES string of the molecule is CC(C)c1cc(CNc2cnc3cc(F)c(F)cc3n2)on1. The molecule has 1 N–H and O–H groups in total. The van der Waals surface area contributed by atoms with Crippen LogP contribution < -0.4 is 5.32 Å². The van der Waals surface area contributed by atoms with Gasteiger partial charge in [0.05, 0.1) is 29.5 Å². The van der Waals surface area contributed by atoms with E-state index in [-0.39, 0.29) is 11.4 Å². The number of hydrogen-bond acceptors (Lipinski definition) is 5. The molecule has 3 rings (SSSR count). The fraction of sp³-hybridized carbons (Fsp3) is 0.267. The Labute approximate surface area is 125 Å². The Morgan fingerprint density at radius 1 is 1.14 bits per heavy atom. The van der Waals surface area contributed by atoms with Crippen LogP contribution in [0.5, 0.6) is 0 Å². The van der Waals surface area contributed by atoms with Gasteiger partial charge in [0.15, 0.2) is 17.4 Å². The van der Waals surface area contributed by atoms with Crippen LogP contribution in [0.25, 0.3) is 11.0 Å². The standard InChI is InChI=1S/C15H14F2N4O/c1-8(2)12-3-9(22-21-12)6-19-15-7-18-13-4-10(16)11(17)5-14(13)20-15/h3-5,7-8H,6H2,1-2H3,(H,19,20). The Morgan fingerprint density at radius 2 is 1.86 bits per heavy atom. The molecule has 3 aromatic rings. The highest BCUT2D eigenvalue weighted by atomic mass is 19.2. The number of benzene rings is 1. The van der Waals surface area contributed by atoms with Gasteiger partial charge in [-0.1, -0.05) is 19.0 Å². The van der Waals surface area contributed by atoms with Crippen LogP contribution in [0.1, 0.15) is 31.2 Å². The topological polar surface area (TPSA) is 63.8 Å². The van der Waals surface area contributed by atoms with Gasteiger partial charge in [-0.25, -0.2) is 13.8 Å². The van der Waals surface area contributed by atoms with Gasteiger partial charge in [0.25, 0.3) is 0 Å². The van der Waals surface area contributed by atoms with Crippen LogP contribution in [0.2, 0.25) is 0 Å². The molecule has 0 aliphatic carbocycles. The molecular weight excluding hydrogens is 290 g/mol. The lowest BCUT2D eigenvalue weighted by Crippen LogP contribution is -2.02. The Hall–Kier alpha value is -2.57. The Morgan fingerprint density at radius 3 is 2.55 bits per heavy atom. The highest BCUT2D eigenvalue weighted by molar-refractivity contribution is 5.75. The van der Waals surface area contributed by atoms with E-state index in [1.165, 1.54) is 6.20 Å². The molecule has 114 valence electrons. The predicted octanol–water partition coefficient (Wildman–Crippen LogP) is 3.63. The highest BCUT2D eigenvalue weighted by Gasteiger charge is 2.09. The molecule has 0 radical (unpaired) electrons. The minimum absolute atomic E-state index is 0.282. The summed E-state index contributed by atoms with van der Waals surface area (Å²) in [5, 5.41) is 6.97. The van der Waals surface area contributed by atoms with Gasteiger partial charge >= 0.3 is 0 Å². The smallest absolute Gasteiger partial charge is 0.161 e. The third-order valence-electron chi connectivity index (χ3n) is 3.20. The summed E-state index contributed by atoms with van der Waals surface area (Å²) in [4.78, 5) is 8.24. The molecule has 1 aromatic carbocycles. The number of hydrogen-bond donors (Lipinski definition) is 1. The van der Waals surface area contributed by atoms with E-state index in [1.807, 2.05) is 19.9 Å². The summed E-state index contributed by atoms with van der Waals surface area (Å²) in [6, 6.07) is 3.90. The third-order valence-corrected chi connectivity index (χ3v) is 3.20. The van der Waals surface area contributed by atoms with E-state index in [0.29, 0.717) is 23.6 Å². The van der Waals surface area contributed by atoms with Gasteiger partial charge in [-0.05, 0) is 5.92 Å². The van der Waals surface area contributed by atoms with Gasteiger partial charge in [-0.15, -0.1) is 0 Å². The summed E-state index contributed by atoms with van der Waals surface area (Å²) in [6.45, 7) is 4.43. The van der Waals surface area contributed by atoms with Gasteiger partial charge in [-0.2, -0.15) is 0 Å². The monoisotopic (exact) mass is 304 g/mol. The van der Waals surface area contributed by atoms with Gasteiger partial charge < -0.3 is 9.84 Å². The highest BCUT2D eigenvalue weighted by Crippen LogP contribution is 2.18. The molecule has 0 aliphatic rings. The first kappa shape index (κ1) is 14.4. The number of aromatic nitrogens is 3. The molecule has 0 atom stereocenters. The molecule has 0 spiro atoms. The molecule has 0 bridgehead atoms. The van der Waals surface area contributed by atoms with Crippen LogP contribution in [-0.2, 0) is 6.54 Å². The largest absolute Gasteiger partial charge is 0.361 e. The van der Waals surface area contributed by atoms with E-state index < -0.39 is 11.6 Å². The Kier molecular flexibility index (Phi) is 3.70. The van der Waals surface area contributed by atoms with Crippen LogP contribution in [0, 0.1) is 11.6 Å². The van der Waals surface area contributed by atoms with Crippen molar-refractivity contribution in [1.82, 2.24) is 15.1 Å². The second-order valence-electron chi connectivity index (χ2n) is 5.24. The van der Waals surface area contributed by atoms with Crippen molar-refractivity contribution in [2.45, 2.75) is 26.3 Å². The molecule has 0 amide bonds. The molecule has 0 unspecified atom stereocenters. The summed E-state index contributed by atoms with van der Waals surface area (Å²) in [7, 11) is 0. The maximum Gasteiger partial charge on any atom is 0.161 e. The van der Waals surface area contributed by atoms with Crippen molar-refractivity contribution in [2.75, 3.05) is 5.32 Å². The lowest BCUT2D eigenvalue weighted by Gasteiger charge is -2.04. The zero-order valence-electron chi connectivity index (χ0n) is 12.1. The van der Waals surface area contributed by atoms with Gasteiger partial charge in [-0.3, -0.25) is 4.98 Å². The number of nitrogens with zero attached hydrogens (tertiary/aromatic N) is 3. The minimum Gasteiger partial charge on any atom is -0.361 e. The average molecular weight is 304 g/mol. The first-order valence-electron chi connectivity index (χ1n) is 6.84. The van der Waals surface area contributed by atoms with E-state index in [4.69, 9.17) is 4.52 Å². The van der Waals surface area contributed by atoms with Crippen molar-refractivity contribution in [1.29, 1.82) is 0 Å². The molecule has 0 saturated carbocycles. The molecule has 0 saturated heterocycles. The number of rotatable bonds is 4. The zero-order chi connectivity index (χ0) is 15.7. The molecule has 5 nitrogen and oxygen atoms in total. The van der Waals surface area contributed by atoms with Crippen LogP contribution in [0.15, 0.2) is 28.9 Å². The third kappa shape index (κ3) is 2.88. The van der Waals surface area contributed by atoms with Crippen LogP contribution in [0.4, 0.5) is 14.6 Å². The van der Waals surface area contributed by atoms with E-state index in [0.717, 1.165) is 17.8 Å². The van der Waals surface area contributed by atoms with Crippen LogP contribution in [-0.4, -0.2) is 15.1 Å². The van der Waals surface area contributed by atoms with E-state index in [1.54, 1.807) is 0 Å². The predicted molar refractivity (Wildman–Crippen MR) is 77.4 cm³/mol. The second kappa shape index (κ2) is 5.67. The summed E-state index contributed by atoms with van der Waals surface area (Å²) < 4.78 is 31.5. The summed E-state index contributed by atoms with van der Waals surface area (Å²) in [5.74, 6) is -0.492. The normalized spacial score (nSPS) is 11.3.